The zero-order valence-electron chi connectivity index (χ0n) is 17.6. The fraction of sp³-hybridized carbons (Fsp3) is 0.409. The van der Waals surface area contributed by atoms with Crippen LogP contribution in [0.5, 0.6) is 5.75 Å². The van der Waals surface area contributed by atoms with E-state index in [1.54, 1.807) is 32.2 Å². The molecule has 1 unspecified atom stereocenters. The standard InChI is InChI=1S/C22H28N4O4/c1-24(2)19-11-10-16(26(28)29)14-18(19)22(27)23-15-20(25-12-6-7-13-25)17-8-4-5-9-21(17)30-3/h4-5,8-11,14,20H,6-7,12-13,15H2,1-3H3,(H,23,27). The molecule has 1 aliphatic heterocycles. The Labute approximate surface area is 176 Å². The van der Waals surface area contributed by atoms with Crippen LogP contribution in [-0.4, -0.2) is 56.6 Å². The highest BCUT2D eigenvalue weighted by Gasteiger charge is 2.27. The van der Waals surface area contributed by atoms with Crippen LogP contribution in [0.1, 0.15) is 34.8 Å². The van der Waals surface area contributed by atoms with Gasteiger partial charge in [0.25, 0.3) is 11.6 Å². The number of hydrogen-bond acceptors (Lipinski definition) is 6. The van der Waals surface area contributed by atoms with Gasteiger partial charge in [-0.05, 0) is 38.1 Å². The molecular formula is C22H28N4O4. The summed E-state index contributed by atoms with van der Waals surface area (Å²) in [5.41, 5.74) is 1.84. The molecule has 1 fully saturated rings. The Bertz CT molecular complexity index is 910. The number of non-ortho nitro benzene ring substituents is 1. The van der Waals surface area contributed by atoms with Gasteiger partial charge in [0.2, 0.25) is 0 Å². The number of methoxy groups -OCH3 is 1. The number of hydrogen-bond donors (Lipinski definition) is 1. The van der Waals surface area contributed by atoms with Crippen molar-refractivity contribution in [2.75, 3.05) is 45.7 Å². The minimum Gasteiger partial charge on any atom is -0.496 e. The molecule has 0 aliphatic carbocycles. The second-order valence-electron chi connectivity index (χ2n) is 7.56. The summed E-state index contributed by atoms with van der Waals surface area (Å²) in [5.74, 6) is 0.453. The Morgan fingerprint density at radius 2 is 1.93 bits per heavy atom. The van der Waals surface area contributed by atoms with E-state index in [4.69, 9.17) is 4.74 Å². The largest absolute Gasteiger partial charge is 0.496 e. The molecule has 8 nitrogen and oxygen atoms in total. The molecule has 2 aromatic rings. The number of rotatable bonds is 8. The molecule has 0 saturated carbocycles. The van der Waals surface area contributed by atoms with E-state index in [2.05, 4.69) is 10.2 Å². The number of anilines is 1. The van der Waals surface area contributed by atoms with Gasteiger partial charge in [-0.1, -0.05) is 18.2 Å². The van der Waals surface area contributed by atoms with E-state index in [1.165, 1.54) is 12.1 Å². The number of carbonyl (C=O) groups excluding carboxylic acids is 1. The van der Waals surface area contributed by atoms with E-state index in [1.807, 2.05) is 24.3 Å². The van der Waals surface area contributed by atoms with Gasteiger partial charge in [-0.3, -0.25) is 19.8 Å². The Morgan fingerprint density at radius 1 is 1.23 bits per heavy atom. The quantitative estimate of drug-likeness (QED) is 0.529. The Balaban J connectivity index is 1.86. The summed E-state index contributed by atoms with van der Waals surface area (Å²) in [7, 11) is 5.25. The molecule has 0 aromatic heterocycles. The summed E-state index contributed by atoms with van der Waals surface area (Å²) in [5, 5.41) is 14.2. The van der Waals surface area contributed by atoms with E-state index in [9.17, 15) is 14.9 Å². The second kappa shape index (κ2) is 9.58. The predicted octanol–water partition coefficient (Wildman–Crippen LogP) is 3.24. The fourth-order valence-corrected chi connectivity index (χ4v) is 3.92. The van der Waals surface area contributed by atoms with Gasteiger partial charge in [-0.25, -0.2) is 0 Å². The Hall–Kier alpha value is -3.13. The van der Waals surface area contributed by atoms with Crippen LogP contribution in [0, 0.1) is 10.1 Å². The van der Waals surface area contributed by atoms with Crippen LogP contribution in [0.15, 0.2) is 42.5 Å². The second-order valence-corrected chi connectivity index (χ2v) is 7.56. The lowest BCUT2D eigenvalue weighted by Gasteiger charge is -2.29. The lowest BCUT2D eigenvalue weighted by atomic mass is 10.0. The van der Waals surface area contributed by atoms with E-state index in [0.29, 0.717) is 12.2 Å². The first-order valence-corrected chi connectivity index (χ1v) is 10.0. The molecule has 0 bridgehead atoms. The van der Waals surface area contributed by atoms with Crippen LogP contribution in [0.2, 0.25) is 0 Å². The Kier molecular flexibility index (Phi) is 6.89. The number of para-hydroxylation sites is 1. The molecule has 1 saturated heterocycles. The van der Waals surface area contributed by atoms with Crippen molar-refractivity contribution in [3.8, 4) is 5.75 Å². The monoisotopic (exact) mass is 412 g/mol. The Morgan fingerprint density at radius 3 is 2.57 bits per heavy atom. The molecule has 1 amide bonds. The number of amides is 1. The number of nitro groups is 1. The maximum Gasteiger partial charge on any atom is 0.270 e. The molecule has 2 aromatic carbocycles. The first-order chi connectivity index (χ1) is 14.4. The molecule has 0 spiro atoms. The zero-order valence-corrected chi connectivity index (χ0v) is 17.6. The maximum atomic E-state index is 13.0. The number of nitro benzene ring substituents is 1. The SMILES string of the molecule is COc1ccccc1C(CNC(=O)c1cc([N+](=O)[O-])ccc1N(C)C)N1CCCC1. The van der Waals surface area contributed by atoms with Gasteiger partial charge >= 0.3 is 0 Å². The van der Waals surface area contributed by atoms with E-state index >= 15 is 0 Å². The minimum atomic E-state index is -0.488. The molecular weight excluding hydrogens is 384 g/mol. The lowest BCUT2D eigenvalue weighted by Crippen LogP contribution is -2.37. The van der Waals surface area contributed by atoms with Gasteiger partial charge < -0.3 is 15.0 Å². The van der Waals surface area contributed by atoms with Crippen molar-refractivity contribution < 1.29 is 14.5 Å². The number of carbonyl (C=O) groups is 1. The fourth-order valence-electron chi connectivity index (χ4n) is 3.92. The third-order valence-electron chi connectivity index (χ3n) is 5.45. The molecule has 1 atom stereocenters. The summed E-state index contributed by atoms with van der Waals surface area (Å²) in [6.07, 6.45) is 2.24. The summed E-state index contributed by atoms with van der Waals surface area (Å²) in [6, 6.07) is 12.1. The van der Waals surface area contributed by atoms with Crippen molar-refractivity contribution in [1.82, 2.24) is 10.2 Å². The van der Waals surface area contributed by atoms with Crippen molar-refractivity contribution >= 4 is 17.3 Å². The van der Waals surface area contributed by atoms with Crippen molar-refractivity contribution in [3.05, 3.63) is 63.7 Å². The average Bonchev–Trinajstić information content (AvgIpc) is 3.28. The van der Waals surface area contributed by atoms with Gasteiger partial charge in [0.1, 0.15) is 5.75 Å². The van der Waals surface area contributed by atoms with Crippen molar-refractivity contribution in [2.24, 2.45) is 0 Å². The van der Waals surface area contributed by atoms with Gasteiger partial charge in [0.15, 0.2) is 0 Å². The lowest BCUT2D eigenvalue weighted by molar-refractivity contribution is -0.384. The van der Waals surface area contributed by atoms with Crippen molar-refractivity contribution in [3.63, 3.8) is 0 Å². The van der Waals surface area contributed by atoms with Crippen LogP contribution in [0.25, 0.3) is 0 Å². The third-order valence-corrected chi connectivity index (χ3v) is 5.45. The number of ether oxygens (including phenoxy) is 1. The summed E-state index contributed by atoms with van der Waals surface area (Å²) >= 11 is 0. The van der Waals surface area contributed by atoms with Crippen LogP contribution >= 0.6 is 0 Å². The van der Waals surface area contributed by atoms with Crippen LogP contribution in [0.4, 0.5) is 11.4 Å². The molecule has 0 radical (unpaired) electrons. The average molecular weight is 412 g/mol. The van der Waals surface area contributed by atoms with Gasteiger partial charge in [-0.15, -0.1) is 0 Å². The number of benzene rings is 2. The van der Waals surface area contributed by atoms with E-state index in [0.717, 1.165) is 37.2 Å². The summed E-state index contributed by atoms with van der Waals surface area (Å²) in [6.45, 7) is 2.30. The van der Waals surface area contributed by atoms with Crippen molar-refractivity contribution in [1.29, 1.82) is 0 Å². The first kappa shape index (κ1) is 21.6. The molecule has 30 heavy (non-hydrogen) atoms. The van der Waals surface area contributed by atoms with E-state index in [-0.39, 0.29) is 23.2 Å². The number of likely N-dealkylation sites (tertiary alicyclic amines) is 1. The van der Waals surface area contributed by atoms with Gasteiger partial charge in [-0.2, -0.15) is 0 Å². The highest BCUT2D eigenvalue weighted by molar-refractivity contribution is 6.00. The third kappa shape index (κ3) is 4.71. The molecule has 1 heterocycles. The van der Waals surface area contributed by atoms with Crippen molar-refractivity contribution in [2.45, 2.75) is 18.9 Å². The van der Waals surface area contributed by atoms with E-state index < -0.39 is 4.92 Å². The predicted molar refractivity (Wildman–Crippen MR) is 116 cm³/mol. The molecule has 1 aliphatic rings. The first-order valence-electron chi connectivity index (χ1n) is 10.0. The van der Waals surface area contributed by atoms with Gasteiger partial charge in [0, 0.05) is 44.0 Å². The normalized spacial score (nSPS) is 14.9. The van der Waals surface area contributed by atoms with Crippen LogP contribution in [0.3, 0.4) is 0 Å². The highest BCUT2D eigenvalue weighted by atomic mass is 16.6. The topological polar surface area (TPSA) is 87.9 Å². The smallest absolute Gasteiger partial charge is 0.270 e. The summed E-state index contributed by atoms with van der Waals surface area (Å²) in [4.78, 5) is 27.9. The highest BCUT2D eigenvalue weighted by Crippen LogP contribution is 2.31. The molecule has 160 valence electrons. The maximum absolute atomic E-state index is 13.0. The van der Waals surface area contributed by atoms with Gasteiger partial charge in [0.05, 0.1) is 23.6 Å². The summed E-state index contributed by atoms with van der Waals surface area (Å²) < 4.78 is 5.55. The zero-order chi connectivity index (χ0) is 21.7. The molecule has 8 heteroatoms. The van der Waals surface area contributed by atoms with Crippen LogP contribution in [-0.2, 0) is 0 Å². The van der Waals surface area contributed by atoms with Crippen LogP contribution < -0.4 is 15.0 Å². The number of nitrogens with zero attached hydrogens (tertiary/aromatic N) is 3. The number of nitrogens with one attached hydrogen (secondary N) is 1. The molecule has 1 N–H and O–H groups in total. The molecule has 3 rings (SSSR count). The minimum absolute atomic E-state index is 0.0332.